The molecule has 1 heterocycles. The van der Waals surface area contributed by atoms with Gasteiger partial charge in [0.1, 0.15) is 12.4 Å². The number of hydrogen-bond donors (Lipinski definition) is 1. The van der Waals surface area contributed by atoms with Crippen LogP contribution in [0.15, 0.2) is 52.3 Å². The first-order valence-corrected chi connectivity index (χ1v) is 13.8. The number of nitrogens with zero attached hydrogens (tertiary/aromatic N) is 1. The lowest BCUT2D eigenvalue weighted by Crippen LogP contribution is -2.33. The zero-order valence-electron chi connectivity index (χ0n) is 18.8. The fourth-order valence-corrected chi connectivity index (χ4v) is 5.32. The van der Waals surface area contributed by atoms with E-state index in [9.17, 15) is 13.2 Å². The predicted octanol–water partition coefficient (Wildman–Crippen LogP) is 4.34. The van der Waals surface area contributed by atoms with Crippen LogP contribution in [0.25, 0.3) is 0 Å². The van der Waals surface area contributed by atoms with E-state index >= 15 is 0 Å². The van der Waals surface area contributed by atoms with Crippen molar-refractivity contribution in [3.05, 3.63) is 53.6 Å². The third-order valence-electron chi connectivity index (χ3n) is 5.60. The number of hydrogen-bond acceptors (Lipinski definition) is 5. The predicted molar refractivity (Wildman–Crippen MR) is 129 cm³/mol. The molecule has 0 saturated carbocycles. The van der Waals surface area contributed by atoms with Gasteiger partial charge in [0.2, 0.25) is 10.0 Å². The van der Waals surface area contributed by atoms with Crippen molar-refractivity contribution in [3.63, 3.8) is 0 Å². The normalized spacial score (nSPS) is 14.8. The second kappa shape index (κ2) is 11.7. The Morgan fingerprint density at radius 2 is 1.75 bits per heavy atom. The number of carbonyl (C=O) groups excluding carboxylic acids is 1. The lowest BCUT2D eigenvalue weighted by molar-refractivity contribution is 0.0758. The molecular formula is C24H32N2O4S2. The number of likely N-dealkylation sites (tertiary alicyclic amines) is 1. The molecule has 1 aliphatic rings. The molecule has 1 fully saturated rings. The smallest absolute Gasteiger partial charge is 0.255 e. The highest BCUT2D eigenvalue weighted by Gasteiger charge is 2.23. The summed E-state index contributed by atoms with van der Waals surface area (Å²) < 4.78 is 33.9. The summed E-state index contributed by atoms with van der Waals surface area (Å²) in [6.45, 7) is 3.88. The van der Waals surface area contributed by atoms with Gasteiger partial charge in [0.25, 0.3) is 5.91 Å². The summed E-state index contributed by atoms with van der Waals surface area (Å²) in [4.78, 5) is 15.9. The van der Waals surface area contributed by atoms with E-state index < -0.39 is 10.0 Å². The monoisotopic (exact) mass is 476 g/mol. The van der Waals surface area contributed by atoms with E-state index in [2.05, 4.69) is 11.6 Å². The largest absolute Gasteiger partial charge is 0.492 e. The van der Waals surface area contributed by atoms with Crippen LogP contribution in [0.5, 0.6) is 5.75 Å². The van der Waals surface area contributed by atoms with Gasteiger partial charge in [-0.15, -0.1) is 11.8 Å². The number of sulfonamides is 1. The van der Waals surface area contributed by atoms with Crippen LogP contribution in [-0.4, -0.2) is 51.7 Å². The van der Waals surface area contributed by atoms with Crippen molar-refractivity contribution >= 4 is 27.7 Å². The minimum atomic E-state index is -3.75. The number of nitrogens with one attached hydrogen (secondary N) is 1. The molecule has 1 N–H and O–H groups in total. The molecular weight excluding hydrogens is 444 g/mol. The van der Waals surface area contributed by atoms with Gasteiger partial charge < -0.3 is 9.64 Å². The summed E-state index contributed by atoms with van der Waals surface area (Å²) in [5, 5.41) is 0. The van der Waals surface area contributed by atoms with Crippen LogP contribution in [-0.2, 0) is 16.4 Å². The summed E-state index contributed by atoms with van der Waals surface area (Å²) in [5.41, 5.74) is 1.67. The Kier molecular flexibility index (Phi) is 9.02. The van der Waals surface area contributed by atoms with Crippen LogP contribution in [0.4, 0.5) is 0 Å². The van der Waals surface area contributed by atoms with Crippen molar-refractivity contribution in [1.82, 2.24) is 9.62 Å². The Hall–Kier alpha value is -2.03. The van der Waals surface area contributed by atoms with Crippen molar-refractivity contribution in [2.45, 2.75) is 48.8 Å². The molecule has 0 aliphatic carbocycles. The lowest BCUT2D eigenvalue weighted by Gasteiger charge is -2.22. The van der Waals surface area contributed by atoms with E-state index in [1.807, 2.05) is 35.4 Å². The molecule has 0 unspecified atom stereocenters. The number of carbonyl (C=O) groups is 1. The Morgan fingerprint density at radius 1 is 1.06 bits per heavy atom. The number of thioether (sulfide) groups is 1. The summed E-state index contributed by atoms with van der Waals surface area (Å²) in [5.74, 6) is 0.614. The molecule has 8 heteroatoms. The number of aryl methyl sites for hydroxylation is 1. The molecule has 1 aliphatic heterocycles. The Balaban J connectivity index is 1.65. The van der Waals surface area contributed by atoms with Gasteiger partial charge in [-0.05, 0) is 61.4 Å². The summed E-state index contributed by atoms with van der Waals surface area (Å²) in [6, 6.07) is 12.5. The van der Waals surface area contributed by atoms with Crippen LogP contribution in [0.2, 0.25) is 0 Å². The molecule has 2 aromatic rings. The van der Waals surface area contributed by atoms with Crippen molar-refractivity contribution in [3.8, 4) is 5.75 Å². The number of ether oxygens (including phenoxy) is 1. The molecule has 3 rings (SSSR count). The van der Waals surface area contributed by atoms with E-state index in [-0.39, 0.29) is 24.0 Å². The van der Waals surface area contributed by atoms with E-state index in [0.29, 0.717) is 11.3 Å². The first kappa shape index (κ1) is 24.6. The van der Waals surface area contributed by atoms with Gasteiger partial charge in [0.15, 0.2) is 0 Å². The van der Waals surface area contributed by atoms with Gasteiger partial charge >= 0.3 is 0 Å². The number of amides is 1. The van der Waals surface area contributed by atoms with Gasteiger partial charge in [-0.25, -0.2) is 13.1 Å². The highest BCUT2D eigenvalue weighted by Crippen LogP contribution is 2.26. The third-order valence-corrected chi connectivity index (χ3v) is 7.85. The molecule has 174 valence electrons. The molecule has 0 bridgehead atoms. The zero-order chi connectivity index (χ0) is 23.0. The van der Waals surface area contributed by atoms with Crippen LogP contribution >= 0.6 is 11.8 Å². The molecule has 6 nitrogen and oxygen atoms in total. The maximum Gasteiger partial charge on any atom is 0.255 e. The maximum atomic E-state index is 13.2. The Labute approximate surface area is 195 Å². The van der Waals surface area contributed by atoms with Gasteiger partial charge in [-0.2, -0.15) is 0 Å². The van der Waals surface area contributed by atoms with E-state index in [1.165, 1.54) is 23.4 Å². The Bertz CT molecular complexity index is 999. The molecule has 1 amide bonds. The first-order valence-electron chi connectivity index (χ1n) is 11.1. The highest BCUT2D eigenvalue weighted by atomic mass is 32.2. The zero-order valence-corrected chi connectivity index (χ0v) is 20.4. The fraction of sp³-hybridized carbons (Fsp3) is 0.458. The molecule has 0 aromatic heterocycles. The number of benzene rings is 2. The number of rotatable bonds is 9. The van der Waals surface area contributed by atoms with Gasteiger partial charge in [0.05, 0.1) is 10.5 Å². The summed E-state index contributed by atoms with van der Waals surface area (Å²) in [7, 11) is -3.75. The van der Waals surface area contributed by atoms with Crippen molar-refractivity contribution < 1.29 is 17.9 Å². The standard InChI is InChI=1S/C24H32N2O4S2/c1-3-19-8-10-20(11-9-19)30-17-14-25-32(28,29)21-12-13-23(31-2)22(18-21)24(27)26-15-6-4-5-7-16-26/h8-13,18,25H,3-7,14-17H2,1-2H3. The van der Waals surface area contributed by atoms with Crippen molar-refractivity contribution in [2.24, 2.45) is 0 Å². The molecule has 0 atom stereocenters. The van der Waals surface area contributed by atoms with Crippen molar-refractivity contribution in [1.29, 1.82) is 0 Å². The quantitative estimate of drug-likeness (QED) is 0.430. The van der Waals surface area contributed by atoms with Crippen LogP contribution < -0.4 is 9.46 Å². The van der Waals surface area contributed by atoms with E-state index in [0.717, 1.165) is 50.1 Å². The van der Waals surface area contributed by atoms with Crippen molar-refractivity contribution in [2.75, 3.05) is 32.5 Å². The van der Waals surface area contributed by atoms with Gasteiger partial charge in [-0.1, -0.05) is 31.9 Å². The second-order valence-electron chi connectivity index (χ2n) is 7.81. The molecule has 0 spiro atoms. The van der Waals surface area contributed by atoms with Crippen LogP contribution in [0, 0.1) is 0 Å². The van der Waals surface area contributed by atoms with E-state index in [4.69, 9.17) is 4.74 Å². The molecule has 2 aromatic carbocycles. The minimum absolute atomic E-state index is 0.0906. The average Bonchev–Trinajstić information content (AvgIpc) is 3.11. The maximum absolute atomic E-state index is 13.2. The minimum Gasteiger partial charge on any atom is -0.492 e. The van der Waals surface area contributed by atoms with Crippen LogP contribution in [0.3, 0.4) is 0 Å². The summed E-state index contributed by atoms with van der Waals surface area (Å²) >= 11 is 1.45. The Morgan fingerprint density at radius 3 is 2.38 bits per heavy atom. The van der Waals surface area contributed by atoms with E-state index in [1.54, 1.807) is 12.1 Å². The topological polar surface area (TPSA) is 75.7 Å². The lowest BCUT2D eigenvalue weighted by atomic mass is 10.2. The van der Waals surface area contributed by atoms with Gasteiger partial charge in [-0.3, -0.25) is 4.79 Å². The molecule has 1 saturated heterocycles. The fourth-order valence-electron chi connectivity index (χ4n) is 3.72. The van der Waals surface area contributed by atoms with Crippen LogP contribution in [0.1, 0.15) is 48.5 Å². The first-order chi connectivity index (χ1) is 15.4. The average molecular weight is 477 g/mol. The molecule has 0 radical (unpaired) electrons. The third kappa shape index (κ3) is 6.49. The van der Waals surface area contributed by atoms with Gasteiger partial charge in [0, 0.05) is 24.5 Å². The summed E-state index contributed by atoms with van der Waals surface area (Å²) in [6.07, 6.45) is 7.08. The highest BCUT2D eigenvalue weighted by molar-refractivity contribution is 7.98. The second-order valence-corrected chi connectivity index (χ2v) is 10.4. The molecule has 32 heavy (non-hydrogen) atoms. The SMILES string of the molecule is CCc1ccc(OCCNS(=O)(=O)c2ccc(SC)c(C(=O)N3CCCCCC3)c2)cc1.